The van der Waals surface area contributed by atoms with Crippen LogP contribution in [0.2, 0.25) is 0 Å². The minimum atomic E-state index is -1.37. The minimum absolute atomic E-state index is 0.0610. The molecule has 1 amide bonds. The molecule has 6 rings (SSSR count). The summed E-state index contributed by atoms with van der Waals surface area (Å²) in [5, 5.41) is 9.06. The van der Waals surface area contributed by atoms with E-state index in [1.165, 1.54) is 0 Å². The summed E-state index contributed by atoms with van der Waals surface area (Å²) in [5.41, 5.74) is 7.92. The van der Waals surface area contributed by atoms with Gasteiger partial charge >= 0.3 is 0 Å². The van der Waals surface area contributed by atoms with E-state index in [0.717, 1.165) is 16.7 Å². The molecule has 45 heavy (non-hydrogen) atoms. The van der Waals surface area contributed by atoms with E-state index in [1.807, 2.05) is 97.1 Å². The van der Waals surface area contributed by atoms with E-state index in [0.29, 0.717) is 54.0 Å². The second kappa shape index (κ2) is 13.7. The lowest BCUT2D eigenvalue weighted by Crippen LogP contribution is -2.53. The number of hydrogen-bond acceptors (Lipinski definition) is 9. The molecule has 2 aliphatic heterocycles. The Morgan fingerprint density at radius 1 is 0.933 bits per heavy atom. The number of rotatable bonds is 13. The third-order valence-corrected chi connectivity index (χ3v) is 7.67. The number of benzene rings is 4. The quantitative estimate of drug-likeness (QED) is 0.150. The van der Waals surface area contributed by atoms with Crippen LogP contribution in [0, 0.1) is 0 Å². The average molecular weight is 610 g/mol. The monoisotopic (exact) mass is 609 g/mol. The van der Waals surface area contributed by atoms with Gasteiger partial charge in [-0.2, -0.15) is 0 Å². The summed E-state index contributed by atoms with van der Waals surface area (Å²) in [7, 11) is 1.60. The Bertz CT molecular complexity index is 1650. The number of carbonyl (C=O) groups is 1. The van der Waals surface area contributed by atoms with Gasteiger partial charge in [0.05, 0.1) is 13.7 Å². The lowest BCUT2D eigenvalue weighted by Gasteiger charge is -2.31. The number of methoxy groups -OCH3 is 1. The van der Waals surface area contributed by atoms with E-state index >= 15 is 0 Å². The van der Waals surface area contributed by atoms with Crippen LogP contribution in [-0.2, 0) is 22.5 Å². The topological polar surface area (TPSA) is 120 Å². The number of ether oxygens (including phenoxy) is 5. The number of amides is 1. The first kappa shape index (κ1) is 30.0. The SMILES string of the molecule is COc1cccc([C@@H]2OC(c3ccc(OCCCO)cc3)=N[C@]2(Cc2ccccc2)C(=O)NNCc2ccc3c(c2)OCO3)c1. The zero-order valence-corrected chi connectivity index (χ0v) is 24.9. The first-order valence-corrected chi connectivity index (χ1v) is 14.8. The molecule has 2 aliphatic rings. The molecule has 0 spiro atoms. The van der Waals surface area contributed by atoms with E-state index in [2.05, 4.69) is 10.9 Å². The molecule has 0 fully saturated rings. The van der Waals surface area contributed by atoms with E-state index < -0.39 is 11.6 Å². The van der Waals surface area contributed by atoms with Crippen molar-refractivity contribution < 1.29 is 33.6 Å². The van der Waals surface area contributed by atoms with E-state index in [1.54, 1.807) is 7.11 Å². The Kier molecular flexibility index (Phi) is 9.14. The van der Waals surface area contributed by atoms with Crippen LogP contribution < -0.4 is 29.8 Å². The molecule has 0 saturated carbocycles. The van der Waals surface area contributed by atoms with Gasteiger partial charge in [-0.25, -0.2) is 10.4 Å². The predicted octanol–water partition coefficient (Wildman–Crippen LogP) is 4.51. The molecule has 4 aromatic carbocycles. The van der Waals surface area contributed by atoms with Crippen LogP contribution in [0.5, 0.6) is 23.0 Å². The fourth-order valence-electron chi connectivity index (χ4n) is 5.38. The number of nitrogens with one attached hydrogen (secondary N) is 2. The van der Waals surface area contributed by atoms with Gasteiger partial charge in [0.1, 0.15) is 11.5 Å². The van der Waals surface area contributed by atoms with Crippen molar-refractivity contribution in [1.82, 2.24) is 10.9 Å². The van der Waals surface area contributed by atoms with Crippen LogP contribution in [0.25, 0.3) is 0 Å². The zero-order valence-electron chi connectivity index (χ0n) is 24.9. The molecule has 10 nitrogen and oxygen atoms in total. The fourth-order valence-corrected chi connectivity index (χ4v) is 5.38. The smallest absolute Gasteiger partial charge is 0.266 e. The molecule has 3 N–H and O–H groups in total. The van der Waals surface area contributed by atoms with Gasteiger partial charge < -0.3 is 28.8 Å². The molecule has 10 heteroatoms. The third-order valence-electron chi connectivity index (χ3n) is 7.67. The number of aliphatic hydroxyl groups excluding tert-OH is 1. The lowest BCUT2D eigenvalue weighted by atomic mass is 9.82. The Morgan fingerprint density at radius 2 is 1.76 bits per heavy atom. The molecule has 0 bridgehead atoms. The van der Waals surface area contributed by atoms with Crippen LogP contribution >= 0.6 is 0 Å². The average Bonchev–Trinajstić information content (AvgIpc) is 3.71. The van der Waals surface area contributed by atoms with Gasteiger partial charge in [0.25, 0.3) is 5.91 Å². The maximum atomic E-state index is 14.4. The number of nitrogens with zero attached hydrogens (tertiary/aromatic N) is 1. The lowest BCUT2D eigenvalue weighted by molar-refractivity contribution is -0.130. The van der Waals surface area contributed by atoms with Gasteiger partial charge in [-0.15, -0.1) is 0 Å². The standard InChI is InChI=1S/C35H35N3O7/c1-41-29-10-5-9-27(20-29)32-35(21-24-7-3-2-4-8-24,34(40)38-36-22-25-11-16-30-31(19-25)44-23-43-30)37-33(45-32)26-12-14-28(15-13-26)42-18-6-17-39/h2-5,7-16,19-20,32,36,39H,6,17-18,21-23H2,1H3,(H,38,40)/t32-,35-/m0/s1. The second-order valence-electron chi connectivity index (χ2n) is 10.7. The Hall–Kier alpha value is -5.06. The summed E-state index contributed by atoms with van der Waals surface area (Å²) in [5.74, 6) is 2.66. The molecular weight excluding hydrogens is 574 g/mol. The van der Waals surface area contributed by atoms with Crippen molar-refractivity contribution >= 4 is 11.8 Å². The number of carbonyl (C=O) groups excluding carboxylic acids is 1. The van der Waals surface area contributed by atoms with Crippen molar-refractivity contribution in [2.75, 3.05) is 27.1 Å². The summed E-state index contributed by atoms with van der Waals surface area (Å²) >= 11 is 0. The predicted molar refractivity (Wildman–Crippen MR) is 167 cm³/mol. The molecule has 2 atom stereocenters. The maximum absolute atomic E-state index is 14.4. The third kappa shape index (κ3) is 6.72. The Labute approximate surface area is 261 Å². The second-order valence-corrected chi connectivity index (χ2v) is 10.7. The van der Waals surface area contributed by atoms with Crippen LogP contribution in [0.4, 0.5) is 0 Å². The molecule has 4 aromatic rings. The highest BCUT2D eigenvalue weighted by Gasteiger charge is 2.53. The van der Waals surface area contributed by atoms with Crippen LogP contribution in [0.3, 0.4) is 0 Å². The van der Waals surface area contributed by atoms with Gasteiger partial charge in [-0.3, -0.25) is 10.2 Å². The van der Waals surface area contributed by atoms with E-state index in [-0.39, 0.29) is 25.7 Å². The summed E-state index contributed by atoms with van der Waals surface area (Å²) < 4.78 is 28.7. The summed E-state index contributed by atoms with van der Waals surface area (Å²) in [6, 6.07) is 30.3. The van der Waals surface area contributed by atoms with Crippen molar-refractivity contribution in [1.29, 1.82) is 0 Å². The number of fused-ring (bicyclic) bond motifs is 1. The molecule has 0 radical (unpaired) electrons. The summed E-state index contributed by atoms with van der Waals surface area (Å²) in [4.78, 5) is 19.5. The van der Waals surface area contributed by atoms with Gasteiger partial charge in [0.2, 0.25) is 12.7 Å². The largest absolute Gasteiger partial charge is 0.497 e. The van der Waals surface area contributed by atoms with Crippen molar-refractivity contribution in [3.05, 3.63) is 119 Å². The minimum Gasteiger partial charge on any atom is -0.497 e. The fraction of sp³-hybridized carbons (Fsp3) is 0.257. The Morgan fingerprint density at radius 3 is 2.56 bits per heavy atom. The number of aliphatic imine (C=N–C) groups is 1. The molecular formula is C35H35N3O7. The maximum Gasteiger partial charge on any atom is 0.266 e. The first-order chi connectivity index (χ1) is 22.1. The van der Waals surface area contributed by atoms with Gasteiger partial charge in [-0.05, 0) is 65.2 Å². The highest BCUT2D eigenvalue weighted by Crippen LogP contribution is 2.43. The van der Waals surface area contributed by atoms with Crippen molar-refractivity contribution in [3.8, 4) is 23.0 Å². The molecule has 2 heterocycles. The van der Waals surface area contributed by atoms with Gasteiger partial charge in [0, 0.05) is 31.6 Å². The van der Waals surface area contributed by atoms with Crippen molar-refractivity contribution in [2.24, 2.45) is 4.99 Å². The number of aliphatic hydroxyl groups is 1. The highest BCUT2D eigenvalue weighted by atomic mass is 16.7. The van der Waals surface area contributed by atoms with Gasteiger partial charge in [-0.1, -0.05) is 48.5 Å². The summed E-state index contributed by atoms with van der Waals surface area (Å²) in [6.07, 6.45) is 0.0502. The molecule has 0 saturated heterocycles. The van der Waals surface area contributed by atoms with Gasteiger partial charge in [0.15, 0.2) is 23.1 Å². The zero-order chi connectivity index (χ0) is 31.1. The van der Waals surface area contributed by atoms with Crippen molar-refractivity contribution in [2.45, 2.75) is 31.0 Å². The van der Waals surface area contributed by atoms with Crippen LogP contribution in [-0.4, -0.2) is 49.6 Å². The van der Waals surface area contributed by atoms with E-state index in [9.17, 15) is 4.79 Å². The highest BCUT2D eigenvalue weighted by molar-refractivity contribution is 6.01. The van der Waals surface area contributed by atoms with Crippen LogP contribution in [0.1, 0.15) is 34.8 Å². The summed E-state index contributed by atoms with van der Waals surface area (Å²) in [6.45, 7) is 1.01. The van der Waals surface area contributed by atoms with Crippen LogP contribution in [0.15, 0.2) is 102 Å². The molecule has 0 aliphatic carbocycles. The molecule has 232 valence electrons. The molecule has 0 aromatic heterocycles. The first-order valence-electron chi connectivity index (χ1n) is 14.8. The van der Waals surface area contributed by atoms with E-state index in [4.69, 9.17) is 33.8 Å². The normalized spacial score (nSPS) is 18.2. The Balaban J connectivity index is 1.33. The molecule has 0 unspecified atom stereocenters. The number of hydrazine groups is 1. The number of hydrogen-bond donors (Lipinski definition) is 3. The van der Waals surface area contributed by atoms with Crippen molar-refractivity contribution in [3.63, 3.8) is 0 Å².